The van der Waals surface area contributed by atoms with Crippen molar-refractivity contribution in [3.8, 4) is 0 Å². The third-order valence-corrected chi connectivity index (χ3v) is 4.11. The Hall–Kier alpha value is -1.10. The predicted octanol–water partition coefficient (Wildman–Crippen LogP) is 4.72. The van der Waals surface area contributed by atoms with Crippen molar-refractivity contribution in [2.45, 2.75) is 20.3 Å². The van der Waals surface area contributed by atoms with Gasteiger partial charge >= 0.3 is 0 Å². The first kappa shape index (κ1) is 14.3. The Bertz CT molecular complexity index is 599. The van der Waals surface area contributed by atoms with E-state index in [0.29, 0.717) is 31.3 Å². The van der Waals surface area contributed by atoms with Gasteiger partial charge < -0.3 is 4.42 Å². The van der Waals surface area contributed by atoms with E-state index in [9.17, 15) is 9.59 Å². The standard InChI is InChI=1S/C13H10Cl2O3S/c1-6-3-8(7(2)18-6)10(16)5-11(17)9-4-12(14)19-13(9)15/h3-4H,5H2,1-2H3. The van der Waals surface area contributed by atoms with Crippen LogP contribution < -0.4 is 0 Å². The van der Waals surface area contributed by atoms with Crippen LogP contribution in [0.5, 0.6) is 0 Å². The van der Waals surface area contributed by atoms with Crippen molar-refractivity contribution in [3.05, 3.63) is 43.5 Å². The highest BCUT2D eigenvalue weighted by molar-refractivity contribution is 7.20. The average Bonchev–Trinajstić information content (AvgIpc) is 2.81. The third kappa shape index (κ3) is 3.08. The molecule has 19 heavy (non-hydrogen) atoms. The molecule has 0 saturated heterocycles. The summed E-state index contributed by atoms with van der Waals surface area (Å²) < 4.78 is 6.01. The molecule has 0 aliphatic carbocycles. The Kier molecular flexibility index (Phi) is 4.13. The Morgan fingerprint density at radius 3 is 2.26 bits per heavy atom. The Labute approximate surface area is 124 Å². The van der Waals surface area contributed by atoms with E-state index >= 15 is 0 Å². The van der Waals surface area contributed by atoms with E-state index in [4.69, 9.17) is 27.6 Å². The fraction of sp³-hybridized carbons (Fsp3) is 0.231. The molecule has 2 aromatic heterocycles. The minimum atomic E-state index is -0.337. The number of furan rings is 1. The lowest BCUT2D eigenvalue weighted by Crippen LogP contribution is -2.08. The summed E-state index contributed by atoms with van der Waals surface area (Å²) >= 11 is 12.8. The molecular weight excluding hydrogens is 307 g/mol. The molecule has 0 saturated carbocycles. The number of carbonyl (C=O) groups excluding carboxylic acids is 2. The first-order chi connectivity index (χ1) is 8.88. The van der Waals surface area contributed by atoms with Gasteiger partial charge in [-0.15, -0.1) is 11.3 Å². The first-order valence-corrected chi connectivity index (χ1v) is 7.04. The number of Topliss-reactive ketones (excluding diaryl/α,β-unsaturated/α-hetero) is 2. The van der Waals surface area contributed by atoms with Gasteiger partial charge in [-0.05, 0) is 26.0 Å². The molecule has 3 nitrogen and oxygen atoms in total. The number of rotatable bonds is 4. The van der Waals surface area contributed by atoms with E-state index in [1.54, 1.807) is 19.9 Å². The maximum atomic E-state index is 12.0. The lowest BCUT2D eigenvalue weighted by atomic mass is 10.0. The first-order valence-electron chi connectivity index (χ1n) is 5.46. The zero-order chi connectivity index (χ0) is 14.2. The third-order valence-electron chi connectivity index (χ3n) is 2.62. The van der Waals surface area contributed by atoms with Crippen molar-refractivity contribution in [3.63, 3.8) is 0 Å². The number of hydrogen-bond acceptors (Lipinski definition) is 4. The lowest BCUT2D eigenvalue weighted by Gasteiger charge is -1.98. The van der Waals surface area contributed by atoms with E-state index in [-0.39, 0.29) is 18.0 Å². The molecule has 0 aromatic carbocycles. The molecule has 0 amide bonds. The number of halogens is 2. The van der Waals surface area contributed by atoms with Crippen molar-refractivity contribution < 1.29 is 14.0 Å². The van der Waals surface area contributed by atoms with Gasteiger partial charge in [0, 0.05) is 5.56 Å². The summed E-state index contributed by atoms with van der Waals surface area (Å²) in [6.07, 6.45) is -0.243. The van der Waals surface area contributed by atoms with E-state index in [1.165, 1.54) is 6.07 Å². The molecule has 2 heterocycles. The zero-order valence-corrected chi connectivity index (χ0v) is 12.6. The minimum absolute atomic E-state index is 0.243. The smallest absolute Gasteiger partial charge is 0.174 e. The molecule has 0 bridgehead atoms. The molecule has 0 fully saturated rings. The van der Waals surface area contributed by atoms with Crippen LogP contribution in [0, 0.1) is 13.8 Å². The summed E-state index contributed by atoms with van der Waals surface area (Å²) in [5.41, 5.74) is 0.728. The molecule has 100 valence electrons. The molecule has 0 unspecified atom stereocenters. The van der Waals surface area contributed by atoms with E-state index < -0.39 is 0 Å². The normalized spacial score (nSPS) is 10.7. The second kappa shape index (κ2) is 5.49. The Balaban J connectivity index is 2.18. The minimum Gasteiger partial charge on any atom is -0.466 e. The van der Waals surface area contributed by atoms with E-state index in [2.05, 4.69) is 0 Å². The van der Waals surface area contributed by atoms with Crippen molar-refractivity contribution in [1.29, 1.82) is 0 Å². The molecule has 0 radical (unpaired) electrons. The Morgan fingerprint density at radius 1 is 1.16 bits per heavy atom. The van der Waals surface area contributed by atoms with Gasteiger partial charge in [-0.25, -0.2) is 0 Å². The van der Waals surface area contributed by atoms with Crippen LogP contribution in [0.2, 0.25) is 8.67 Å². The van der Waals surface area contributed by atoms with Crippen molar-refractivity contribution in [1.82, 2.24) is 0 Å². The SMILES string of the molecule is Cc1cc(C(=O)CC(=O)c2cc(Cl)sc2Cl)c(C)o1. The number of hydrogen-bond donors (Lipinski definition) is 0. The second-order valence-corrected chi connectivity index (χ2v) is 6.37. The molecule has 0 N–H and O–H groups in total. The fourth-order valence-electron chi connectivity index (χ4n) is 1.77. The van der Waals surface area contributed by atoms with Crippen LogP contribution in [0.1, 0.15) is 38.7 Å². The van der Waals surface area contributed by atoms with Gasteiger partial charge in [0.15, 0.2) is 11.6 Å². The zero-order valence-electron chi connectivity index (χ0n) is 10.3. The highest BCUT2D eigenvalue weighted by Crippen LogP contribution is 2.32. The number of carbonyl (C=O) groups is 2. The van der Waals surface area contributed by atoms with Crippen LogP contribution in [0.4, 0.5) is 0 Å². The van der Waals surface area contributed by atoms with Gasteiger partial charge in [-0.1, -0.05) is 23.2 Å². The summed E-state index contributed by atoms with van der Waals surface area (Å²) in [7, 11) is 0. The molecule has 0 spiro atoms. The highest BCUT2D eigenvalue weighted by Gasteiger charge is 2.21. The summed E-state index contributed by atoms with van der Waals surface area (Å²) in [6.45, 7) is 3.44. The maximum absolute atomic E-state index is 12.0. The molecule has 2 rings (SSSR count). The average molecular weight is 317 g/mol. The van der Waals surface area contributed by atoms with Gasteiger partial charge in [0.2, 0.25) is 0 Å². The highest BCUT2D eigenvalue weighted by atomic mass is 35.5. The van der Waals surface area contributed by atoms with Crippen molar-refractivity contribution >= 4 is 46.1 Å². The van der Waals surface area contributed by atoms with Gasteiger partial charge in [0.1, 0.15) is 15.9 Å². The molecular formula is C13H10Cl2O3S. The molecule has 0 atom stereocenters. The summed E-state index contributed by atoms with van der Waals surface area (Å²) in [5, 5.41) is 0. The lowest BCUT2D eigenvalue weighted by molar-refractivity contribution is 0.0894. The van der Waals surface area contributed by atoms with Crippen LogP contribution >= 0.6 is 34.5 Å². The second-order valence-electron chi connectivity index (χ2n) is 4.09. The van der Waals surface area contributed by atoms with E-state index in [0.717, 1.165) is 11.3 Å². The number of ketones is 2. The van der Waals surface area contributed by atoms with Crippen molar-refractivity contribution in [2.75, 3.05) is 0 Å². The van der Waals surface area contributed by atoms with Gasteiger partial charge in [-0.2, -0.15) is 0 Å². The predicted molar refractivity (Wildman–Crippen MR) is 75.8 cm³/mol. The topological polar surface area (TPSA) is 47.3 Å². The van der Waals surface area contributed by atoms with Crippen LogP contribution in [-0.4, -0.2) is 11.6 Å². The molecule has 0 aliphatic heterocycles. The quantitative estimate of drug-likeness (QED) is 0.605. The Morgan fingerprint density at radius 2 is 1.79 bits per heavy atom. The van der Waals surface area contributed by atoms with Crippen LogP contribution in [-0.2, 0) is 0 Å². The molecule has 2 aromatic rings. The summed E-state index contributed by atoms with van der Waals surface area (Å²) in [4.78, 5) is 24.0. The largest absolute Gasteiger partial charge is 0.466 e. The molecule has 6 heteroatoms. The number of aryl methyl sites for hydroxylation is 2. The van der Waals surface area contributed by atoms with Crippen LogP contribution in [0.15, 0.2) is 16.5 Å². The number of thiophene rings is 1. The summed E-state index contributed by atoms with van der Waals surface area (Å²) in [5.74, 6) is 0.545. The fourth-order valence-corrected chi connectivity index (χ4v) is 3.27. The van der Waals surface area contributed by atoms with Crippen LogP contribution in [0.3, 0.4) is 0 Å². The van der Waals surface area contributed by atoms with Gasteiger partial charge in [0.05, 0.1) is 16.3 Å². The van der Waals surface area contributed by atoms with Crippen molar-refractivity contribution in [2.24, 2.45) is 0 Å². The van der Waals surface area contributed by atoms with E-state index in [1.807, 2.05) is 0 Å². The summed E-state index contributed by atoms with van der Waals surface area (Å²) in [6, 6.07) is 3.12. The van der Waals surface area contributed by atoms with Gasteiger partial charge in [0.25, 0.3) is 0 Å². The van der Waals surface area contributed by atoms with Gasteiger partial charge in [-0.3, -0.25) is 9.59 Å². The molecule has 0 aliphatic rings. The monoisotopic (exact) mass is 316 g/mol. The maximum Gasteiger partial charge on any atom is 0.174 e. The van der Waals surface area contributed by atoms with Crippen LogP contribution in [0.25, 0.3) is 0 Å².